The molecule has 2 aromatic carbocycles. The van der Waals surface area contributed by atoms with Crippen LogP contribution in [0, 0.1) is 11.8 Å². The summed E-state index contributed by atoms with van der Waals surface area (Å²) >= 11 is 1.43. The van der Waals surface area contributed by atoms with Gasteiger partial charge in [0.15, 0.2) is 11.0 Å². The Bertz CT molecular complexity index is 1500. The maximum atomic E-state index is 13.9. The lowest BCUT2D eigenvalue weighted by atomic mass is 10.1. The van der Waals surface area contributed by atoms with Crippen LogP contribution in [0.15, 0.2) is 78.0 Å². The summed E-state index contributed by atoms with van der Waals surface area (Å²) in [5, 5.41) is 9.22. The number of thioether (sulfide) groups is 1. The van der Waals surface area contributed by atoms with Gasteiger partial charge in [-0.15, -0.1) is 10.2 Å². The van der Waals surface area contributed by atoms with Crippen molar-refractivity contribution in [3.8, 4) is 17.2 Å². The van der Waals surface area contributed by atoms with Crippen molar-refractivity contribution >= 4 is 23.6 Å². The van der Waals surface area contributed by atoms with Crippen LogP contribution < -0.4 is 0 Å². The minimum Gasteiger partial charge on any atom is -0.339 e. The van der Waals surface area contributed by atoms with Gasteiger partial charge in [0, 0.05) is 49.0 Å². The maximum absolute atomic E-state index is 13.9. The van der Waals surface area contributed by atoms with Crippen molar-refractivity contribution < 1.29 is 18.4 Å². The summed E-state index contributed by atoms with van der Waals surface area (Å²) in [5.74, 6) is 0.261. The van der Waals surface area contributed by atoms with E-state index in [0.717, 1.165) is 5.56 Å². The van der Waals surface area contributed by atoms with Crippen LogP contribution in [-0.4, -0.2) is 72.8 Å². The second-order valence-electron chi connectivity index (χ2n) is 9.48. The monoisotopic (exact) mass is 562 g/mol. The Labute approximate surface area is 235 Å². The van der Waals surface area contributed by atoms with Crippen LogP contribution in [0.4, 0.5) is 8.78 Å². The van der Waals surface area contributed by atoms with E-state index >= 15 is 0 Å². The molecule has 1 aliphatic heterocycles. The Hall–Kier alpha value is -4.12. The first kappa shape index (κ1) is 27.4. The van der Waals surface area contributed by atoms with Crippen molar-refractivity contribution in [3.05, 3.63) is 90.1 Å². The molecule has 1 saturated heterocycles. The zero-order valence-corrected chi connectivity index (χ0v) is 22.7. The number of benzene rings is 2. The van der Waals surface area contributed by atoms with Crippen LogP contribution in [0.1, 0.15) is 30.1 Å². The largest absolute Gasteiger partial charge is 0.339 e. The number of carbonyl (C=O) groups is 2. The summed E-state index contributed by atoms with van der Waals surface area (Å²) in [4.78, 5) is 33.3. The number of halogens is 2. The Morgan fingerprint density at radius 3 is 2.52 bits per heavy atom. The quantitative estimate of drug-likeness (QED) is 0.173. The van der Waals surface area contributed by atoms with Crippen molar-refractivity contribution in [3.63, 3.8) is 0 Å². The van der Waals surface area contributed by atoms with Crippen LogP contribution in [0.5, 0.6) is 0 Å². The molecule has 1 fully saturated rings. The summed E-state index contributed by atoms with van der Waals surface area (Å²) < 4.78 is 29.2. The third-order valence-electron chi connectivity index (χ3n) is 6.67. The highest BCUT2D eigenvalue weighted by molar-refractivity contribution is 7.99. The summed E-state index contributed by atoms with van der Waals surface area (Å²) in [6.07, 6.45) is 0.944. The number of hydrogen-bond donors (Lipinski definition) is 0. The number of piperazine rings is 1. The summed E-state index contributed by atoms with van der Waals surface area (Å²) in [7, 11) is 0. The molecule has 1 atom stereocenters. The second-order valence-corrected chi connectivity index (χ2v) is 10.5. The smallest absolute Gasteiger partial charge is 0.254 e. The predicted octanol–water partition coefficient (Wildman–Crippen LogP) is 4.85. The van der Waals surface area contributed by atoms with Gasteiger partial charge in [-0.1, -0.05) is 54.2 Å². The lowest BCUT2D eigenvalue weighted by molar-refractivity contribution is -0.133. The zero-order chi connectivity index (χ0) is 28.1. The van der Waals surface area contributed by atoms with Crippen molar-refractivity contribution in [1.29, 1.82) is 0 Å². The molecule has 4 aromatic rings. The predicted molar refractivity (Wildman–Crippen MR) is 148 cm³/mol. The summed E-state index contributed by atoms with van der Waals surface area (Å²) in [6.45, 7) is 3.14. The van der Waals surface area contributed by atoms with Crippen molar-refractivity contribution in [2.24, 2.45) is 0 Å². The molecular formula is C29H28F2N6O2S. The second kappa shape index (κ2) is 12.4. The van der Waals surface area contributed by atoms with Crippen molar-refractivity contribution in [2.75, 3.05) is 25.4 Å². The molecule has 5 rings (SSSR count). The van der Waals surface area contributed by atoms with E-state index in [1.54, 1.807) is 32.6 Å². The molecule has 1 unspecified atom stereocenters. The third kappa shape index (κ3) is 6.20. The van der Waals surface area contributed by atoms with Crippen LogP contribution in [0.25, 0.3) is 17.2 Å². The third-order valence-corrected chi connectivity index (χ3v) is 7.69. The molecule has 11 heteroatoms. The molecule has 3 heterocycles. The Balaban J connectivity index is 1.18. The fourth-order valence-corrected chi connectivity index (χ4v) is 5.56. The highest BCUT2D eigenvalue weighted by atomic mass is 32.2. The number of carbonyl (C=O) groups excluding carboxylic acids is 2. The standard InChI is InChI=1S/C29H28F2N6O2S/c1-20-19-35(15-16-36(20)28(39)22-10-5-11-23(30)18-22)26(38)14-7-17-40-29-34-33-27(21-8-3-2-4-9-21)37(29)25-13-6-12-24(31)32-25/h2-6,8-13,18,20H,7,14-17,19H2,1H3. The highest BCUT2D eigenvalue weighted by Crippen LogP contribution is 2.28. The van der Waals surface area contributed by atoms with Crippen molar-refractivity contribution in [1.82, 2.24) is 29.5 Å². The molecule has 2 amide bonds. The van der Waals surface area contributed by atoms with E-state index in [0.29, 0.717) is 60.6 Å². The van der Waals surface area contributed by atoms with Gasteiger partial charge in [0.25, 0.3) is 5.91 Å². The number of rotatable bonds is 8. The number of hydrogen-bond acceptors (Lipinski definition) is 6. The lowest BCUT2D eigenvalue weighted by Crippen LogP contribution is -2.55. The Kier molecular flexibility index (Phi) is 8.49. The zero-order valence-electron chi connectivity index (χ0n) is 21.9. The molecular weight excluding hydrogens is 534 g/mol. The molecule has 0 aliphatic carbocycles. The van der Waals surface area contributed by atoms with Crippen molar-refractivity contribution in [2.45, 2.75) is 31.0 Å². The highest BCUT2D eigenvalue weighted by Gasteiger charge is 2.30. The molecule has 206 valence electrons. The maximum Gasteiger partial charge on any atom is 0.254 e. The van der Waals surface area contributed by atoms with E-state index in [1.165, 1.54) is 36.0 Å². The molecule has 2 aromatic heterocycles. The molecule has 8 nitrogen and oxygen atoms in total. The topological polar surface area (TPSA) is 84.2 Å². The number of pyridine rings is 1. The van der Waals surface area contributed by atoms with Gasteiger partial charge in [-0.25, -0.2) is 9.37 Å². The average Bonchev–Trinajstić information content (AvgIpc) is 3.39. The first-order chi connectivity index (χ1) is 19.4. The molecule has 0 spiro atoms. The number of amides is 2. The summed E-state index contributed by atoms with van der Waals surface area (Å²) in [5.41, 5.74) is 1.13. The minimum absolute atomic E-state index is 0.0172. The van der Waals surface area contributed by atoms with E-state index in [4.69, 9.17) is 0 Å². The normalized spacial score (nSPS) is 15.3. The SMILES string of the molecule is CC1CN(C(=O)CCCSc2nnc(-c3ccccc3)n2-c2cccc(F)n2)CCN1C(=O)c1cccc(F)c1. The molecule has 40 heavy (non-hydrogen) atoms. The Morgan fingerprint density at radius 2 is 1.77 bits per heavy atom. The van der Waals surface area contributed by atoms with Crippen LogP contribution in [-0.2, 0) is 4.79 Å². The van der Waals surface area contributed by atoms with Gasteiger partial charge in [0.2, 0.25) is 11.9 Å². The van der Waals surface area contributed by atoms with E-state index < -0.39 is 11.8 Å². The molecule has 0 N–H and O–H groups in total. The molecule has 0 bridgehead atoms. The Morgan fingerprint density at radius 1 is 0.975 bits per heavy atom. The lowest BCUT2D eigenvalue weighted by Gasteiger charge is -2.40. The molecule has 1 aliphatic rings. The fraction of sp³-hybridized carbons (Fsp3) is 0.276. The van der Waals surface area contributed by atoms with Crippen LogP contribution in [0.2, 0.25) is 0 Å². The minimum atomic E-state index is -0.598. The van der Waals surface area contributed by atoms with E-state index in [2.05, 4.69) is 15.2 Å². The van der Waals surface area contributed by atoms with E-state index in [-0.39, 0.29) is 17.9 Å². The van der Waals surface area contributed by atoms with Gasteiger partial charge in [0.05, 0.1) is 0 Å². The van der Waals surface area contributed by atoms with Gasteiger partial charge in [-0.05, 0) is 43.7 Å². The molecule has 0 radical (unpaired) electrons. The van der Waals surface area contributed by atoms with Gasteiger partial charge in [-0.2, -0.15) is 4.39 Å². The van der Waals surface area contributed by atoms with Gasteiger partial charge in [0.1, 0.15) is 11.6 Å². The van der Waals surface area contributed by atoms with Crippen LogP contribution in [0.3, 0.4) is 0 Å². The average molecular weight is 563 g/mol. The van der Waals surface area contributed by atoms with E-state index in [1.807, 2.05) is 37.3 Å². The van der Waals surface area contributed by atoms with Gasteiger partial charge < -0.3 is 9.80 Å². The van der Waals surface area contributed by atoms with Crippen LogP contribution >= 0.6 is 11.8 Å². The van der Waals surface area contributed by atoms with Gasteiger partial charge in [-0.3, -0.25) is 14.2 Å². The summed E-state index contributed by atoms with van der Waals surface area (Å²) in [6, 6.07) is 19.5. The first-order valence-corrected chi connectivity index (χ1v) is 14.0. The van der Waals surface area contributed by atoms with Gasteiger partial charge >= 0.3 is 0 Å². The first-order valence-electron chi connectivity index (χ1n) is 13.0. The fourth-order valence-electron chi connectivity index (χ4n) is 4.68. The van der Waals surface area contributed by atoms with E-state index in [9.17, 15) is 18.4 Å². The number of nitrogens with zero attached hydrogens (tertiary/aromatic N) is 6. The number of aromatic nitrogens is 4. The molecule has 0 saturated carbocycles.